The zero-order valence-electron chi connectivity index (χ0n) is 17.7. The summed E-state index contributed by atoms with van der Waals surface area (Å²) < 4.78 is 9.01. The molecule has 0 aliphatic heterocycles. The van der Waals surface area contributed by atoms with Gasteiger partial charge in [0.2, 0.25) is 0 Å². The number of aromatic nitrogens is 2. The van der Waals surface area contributed by atoms with Crippen molar-refractivity contribution in [3.63, 3.8) is 0 Å². The summed E-state index contributed by atoms with van der Waals surface area (Å²) in [6, 6.07) is 23.2. The minimum atomic E-state index is -0.928. The van der Waals surface area contributed by atoms with Gasteiger partial charge in [0.25, 0.3) is 0 Å². The Morgan fingerprint density at radius 2 is 1.75 bits per heavy atom. The van der Waals surface area contributed by atoms with E-state index >= 15 is 0 Å². The molecule has 6 heteroatoms. The molecule has 0 fully saturated rings. The lowest BCUT2D eigenvalue weighted by Gasteiger charge is -2.08. The van der Waals surface area contributed by atoms with Gasteiger partial charge in [0.05, 0.1) is 24.5 Å². The molecule has 0 spiro atoms. The minimum Gasteiger partial charge on any atom is -0.478 e. The van der Waals surface area contributed by atoms with Crippen molar-refractivity contribution in [2.75, 3.05) is 0 Å². The fourth-order valence-electron chi connectivity index (χ4n) is 3.51. The third-order valence-electron chi connectivity index (χ3n) is 5.08. The summed E-state index contributed by atoms with van der Waals surface area (Å²) in [5.41, 5.74) is 5.46. The Morgan fingerprint density at radius 3 is 2.44 bits per heavy atom. The fourth-order valence-corrected chi connectivity index (χ4v) is 3.78. The van der Waals surface area contributed by atoms with E-state index in [1.54, 1.807) is 12.1 Å². The third kappa shape index (κ3) is 5.52. The number of halogens is 1. The van der Waals surface area contributed by atoms with Crippen molar-refractivity contribution in [1.82, 2.24) is 9.55 Å². The third-order valence-corrected chi connectivity index (χ3v) is 5.61. The zero-order chi connectivity index (χ0) is 22.5. The van der Waals surface area contributed by atoms with Gasteiger partial charge in [-0.3, -0.25) is 0 Å². The van der Waals surface area contributed by atoms with Crippen LogP contribution in [0.25, 0.3) is 11.4 Å². The number of nitrogens with zero attached hydrogens (tertiary/aromatic N) is 2. The number of carbonyl (C=O) groups is 1. The SMILES string of the molecule is Cc1cccc(COCc2cn(Cc3ccc(C(=O)O)cc3)c(-c3ccc(Br)cc3)n2)c1. The monoisotopic (exact) mass is 490 g/mol. The Bertz CT molecular complexity index is 1210. The number of ether oxygens (including phenoxy) is 1. The van der Waals surface area contributed by atoms with Crippen molar-refractivity contribution in [2.45, 2.75) is 26.7 Å². The van der Waals surface area contributed by atoms with Gasteiger partial charge in [0.15, 0.2) is 0 Å². The number of hydrogen-bond acceptors (Lipinski definition) is 3. The van der Waals surface area contributed by atoms with Crippen molar-refractivity contribution < 1.29 is 14.6 Å². The van der Waals surface area contributed by atoms with Gasteiger partial charge in [-0.2, -0.15) is 0 Å². The first-order valence-corrected chi connectivity index (χ1v) is 11.0. The van der Waals surface area contributed by atoms with E-state index < -0.39 is 5.97 Å². The van der Waals surface area contributed by atoms with Gasteiger partial charge in [-0.05, 0) is 42.3 Å². The van der Waals surface area contributed by atoms with Crippen LogP contribution in [0, 0.1) is 6.92 Å². The second kappa shape index (κ2) is 9.94. The van der Waals surface area contributed by atoms with E-state index in [2.05, 4.69) is 45.6 Å². The molecular weight excluding hydrogens is 468 g/mol. The highest BCUT2D eigenvalue weighted by Crippen LogP contribution is 2.23. The summed E-state index contributed by atoms with van der Waals surface area (Å²) in [7, 11) is 0. The molecule has 0 unspecified atom stereocenters. The molecule has 0 aliphatic carbocycles. The standard InChI is InChI=1S/C26H23BrN2O3/c1-18-3-2-4-20(13-18)16-32-17-24-15-29(14-19-5-7-22(8-6-19)26(30)31)25(28-24)21-9-11-23(27)12-10-21/h2-13,15H,14,16-17H2,1H3,(H,30,31). The molecular formula is C26H23BrN2O3. The minimum absolute atomic E-state index is 0.276. The van der Waals surface area contributed by atoms with Crippen LogP contribution in [-0.2, 0) is 24.5 Å². The number of aryl methyl sites for hydroxylation is 1. The van der Waals surface area contributed by atoms with E-state index in [0.717, 1.165) is 32.7 Å². The summed E-state index contributed by atoms with van der Waals surface area (Å²) in [6.45, 7) is 3.58. The fraction of sp³-hybridized carbons (Fsp3) is 0.154. The number of rotatable bonds is 8. The van der Waals surface area contributed by atoms with Gasteiger partial charge in [-0.25, -0.2) is 9.78 Å². The van der Waals surface area contributed by atoms with Crippen LogP contribution >= 0.6 is 15.9 Å². The van der Waals surface area contributed by atoms with Gasteiger partial charge in [-0.1, -0.05) is 70.0 Å². The van der Waals surface area contributed by atoms with Crippen LogP contribution in [0.5, 0.6) is 0 Å². The lowest BCUT2D eigenvalue weighted by molar-refractivity contribution is 0.0697. The normalized spacial score (nSPS) is 10.9. The molecule has 4 aromatic rings. The summed E-state index contributed by atoms with van der Waals surface area (Å²) in [5, 5.41) is 9.13. The molecule has 0 radical (unpaired) electrons. The van der Waals surface area contributed by atoms with Gasteiger partial charge in [0.1, 0.15) is 5.82 Å². The van der Waals surface area contributed by atoms with Crippen molar-refractivity contribution in [2.24, 2.45) is 0 Å². The van der Waals surface area contributed by atoms with E-state index in [0.29, 0.717) is 19.8 Å². The second-order valence-electron chi connectivity index (χ2n) is 7.67. The van der Waals surface area contributed by atoms with Crippen LogP contribution < -0.4 is 0 Å². The van der Waals surface area contributed by atoms with Crippen LogP contribution in [0.15, 0.2) is 83.5 Å². The van der Waals surface area contributed by atoms with Crippen molar-refractivity contribution in [3.05, 3.63) is 111 Å². The number of carboxylic acids is 1. The van der Waals surface area contributed by atoms with Crippen LogP contribution in [0.4, 0.5) is 0 Å². The average molecular weight is 491 g/mol. The average Bonchev–Trinajstić information content (AvgIpc) is 3.17. The van der Waals surface area contributed by atoms with Crippen LogP contribution in [-0.4, -0.2) is 20.6 Å². The molecule has 162 valence electrons. The Kier molecular flexibility index (Phi) is 6.83. The van der Waals surface area contributed by atoms with Crippen molar-refractivity contribution >= 4 is 21.9 Å². The van der Waals surface area contributed by atoms with E-state index in [1.165, 1.54) is 5.56 Å². The highest BCUT2D eigenvalue weighted by atomic mass is 79.9. The van der Waals surface area contributed by atoms with Crippen LogP contribution in [0.3, 0.4) is 0 Å². The van der Waals surface area contributed by atoms with E-state index in [-0.39, 0.29) is 5.56 Å². The molecule has 0 amide bonds. The molecule has 1 aromatic heterocycles. The predicted octanol–water partition coefficient (Wildman–Crippen LogP) is 6.08. The molecule has 0 saturated carbocycles. The summed E-state index contributed by atoms with van der Waals surface area (Å²) >= 11 is 3.48. The van der Waals surface area contributed by atoms with Crippen molar-refractivity contribution in [1.29, 1.82) is 0 Å². The quantitative estimate of drug-likeness (QED) is 0.324. The molecule has 0 atom stereocenters. The van der Waals surface area contributed by atoms with Crippen LogP contribution in [0.1, 0.15) is 32.7 Å². The summed E-state index contributed by atoms with van der Waals surface area (Å²) in [5.74, 6) is -0.0863. The Labute approximate surface area is 195 Å². The summed E-state index contributed by atoms with van der Waals surface area (Å²) in [4.78, 5) is 16.0. The molecule has 0 bridgehead atoms. The first-order chi connectivity index (χ1) is 15.5. The lowest BCUT2D eigenvalue weighted by Crippen LogP contribution is -2.02. The van der Waals surface area contributed by atoms with E-state index in [4.69, 9.17) is 14.8 Å². The number of aromatic carboxylic acids is 1. The smallest absolute Gasteiger partial charge is 0.335 e. The first-order valence-electron chi connectivity index (χ1n) is 10.3. The largest absolute Gasteiger partial charge is 0.478 e. The van der Waals surface area contributed by atoms with Crippen LogP contribution in [0.2, 0.25) is 0 Å². The van der Waals surface area contributed by atoms with Gasteiger partial charge >= 0.3 is 5.97 Å². The summed E-state index contributed by atoms with van der Waals surface area (Å²) in [6.07, 6.45) is 2.00. The topological polar surface area (TPSA) is 64.3 Å². The Hall–Kier alpha value is -3.22. The highest BCUT2D eigenvalue weighted by Gasteiger charge is 2.12. The lowest BCUT2D eigenvalue weighted by atomic mass is 10.1. The van der Waals surface area contributed by atoms with Gasteiger partial charge in [0, 0.05) is 22.8 Å². The molecule has 32 heavy (non-hydrogen) atoms. The number of benzene rings is 3. The molecule has 1 N–H and O–H groups in total. The number of imidazole rings is 1. The van der Waals surface area contributed by atoms with Gasteiger partial charge in [-0.15, -0.1) is 0 Å². The van der Waals surface area contributed by atoms with E-state index in [1.807, 2.05) is 48.7 Å². The number of hydrogen-bond donors (Lipinski definition) is 1. The van der Waals surface area contributed by atoms with Crippen molar-refractivity contribution in [3.8, 4) is 11.4 Å². The molecule has 5 nitrogen and oxygen atoms in total. The number of carboxylic acid groups (broad SMARTS) is 1. The Balaban J connectivity index is 1.55. The maximum atomic E-state index is 11.1. The molecule has 4 rings (SSSR count). The Morgan fingerprint density at radius 1 is 1.00 bits per heavy atom. The molecule has 0 saturated heterocycles. The molecule has 3 aromatic carbocycles. The second-order valence-corrected chi connectivity index (χ2v) is 8.59. The molecule has 0 aliphatic rings. The first kappa shape index (κ1) is 22.0. The zero-order valence-corrected chi connectivity index (χ0v) is 19.2. The molecule has 1 heterocycles. The maximum absolute atomic E-state index is 11.1. The van der Waals surface area contributed by atoms with E-state index in [9.17, 15) is 4.79 Å². The highest BCUT2D eigenvalue weighted by molar-refractivity contribution is 9.10. The van der Waals surface area contributed by atoms with Gasteiger partial charge < -0.3 is 14.4 Å². The maximum Gasteiger partial charge on any atom is 0.335 e. The predicted molar refractivity (Wildman–Crippen MR) is 128 cm³/mol.